The molecule has 1 aliphatic rings. The van der Waals surface area contributed by atoms with Gasteiger partial charge in [-0.05, 0) is 52.7 Å². The molecule has 1 saturated heterocycles. The van der Waals surface area contributed by atoms with Gasteiger partial charge in [0.05, 0.1) is 12.2 Å². The van der Waals surface area contributed by atoms with Crippen LogP contribution >= 0.6 is 0 Å². The molecule has 1 fully saturated rings. The molecule has 1 amide bonds. The van der Waals surface area contributed by atoms with Crippen LogP contribution in [0.3, 0.4) is 0 Å². The lowest BCUT2D eigenvalue weighted by Crippen LogP contribution is -2.36. The van der Waals surface area contributed by atoms with E-state index in [4.69, 9.17) is 14.0 Å². The molecule has 0 aliphatic carbocycles. The SMILES string of the molecule is CCOc1ncccc1-c1noc([C@@H]2CCCN2C(=O)OC(C)(C)C)n1. The van der Waals surface area contributed by atoms with Gasteiger partial charge in [-0.2, -0.15) is 4.98 Å². The molecule has 8 nitrogen and oxygen atoms in total. The van der Waals surface area contributed by atoms with Gasteiger partial charge in [0.25, 0.3) is 0 Å². The van der Waals surface area contributed by atoms with E-state index >= 15 is 0 Å². The molecular weight excluding hydrogens is 336 g/mol. The van der Waals surface area contributed by atoms with Crippen molar-refractivity contribution in [2.24, 2.45) is 0 Å². The molecule has 0 N–H and O–H groups in total. The Kier molecular flexibility index (Phi) is 5.11. The number of amides is 1. The Balaban J connectivity index is 1.82. The van der Waals surface area contributed by atoms with Crippen LogP contribution < -0.4 is 4.74 Å². The second-order valence-corrected chi connectivity index (χ2v) is 7.08. The summed E-state index contributed by atoms with van der Waals surface area (Å²) in [6.07, 6.45) is 2.90. The van der Waals surface area contributed by atoms with Gasteiger partial charge in [-0.15, -0.1) is 0 Å². The van der Waals surface area contributed by atoms with E-state index in [1.165, 1.54) is 0 Å². The quantitative estimate of drug-likeness (QED) is 0.822. The first-order valence-electron chi connectivity index (χ1n) is 8.80. The molecule has 0 saturated carbocycles. The van der Waals surface area contributed by atoms with Crippen molar-refractivity contribution in [1.82, 2.24) is 20.0 Å². The predicted molar refractivity (Wildman–Crippen MR) is 93.6 cm³/mol. The third-order valence-electron chi connectivity index (χ3n) is 3.90. The smallest absolute Gasteiger partial charge is 0.410 e. The highest BCUT2D eigenvalue weighted by atomic mass is 16.6. The van der Waals surface area contributed by atoms with Gasteiger partial charge >= 0.3 is 6.09 Å². The molecule has 1 aliphatic heterocycles. The summed E-state index contributed by atoms with van der Waals surface area (Å²) in [4.78, 5) is 22.8. The van der Waals surface area contributed by atoms with Crippen molar-refractivity contribution >= 4 is 6.09 Å². The van der Waals surface area contributed by atoms with Crippen LogP contribution in [0.1, 0.15) is 52.5 Å². The molecule has 3 rings (SSSR count). The van der Waals surface area contributed by atoms with E-state index in [2.05, 4.69) is 15.1 Å². The van der Waals surface area contributed by atoms with Crippen LogP contribution in [0.15, 0.2) is 22.9 Å². The van der Waals surface area contributed by atoms with E-state index in [1.54, 1.807) is 17.2 Å². The monoisotopic (exact) mass is 360 g/mol. The second-order valence-electron chi connectivity index (χ2n) is 7.08. The highest BCUT2D eigenvalue weighted by molar-refractivity contribution is 5.69. The topological polar surface area (TPSA) is 90.6 Å². The van der Waals surface area contributed by atoms with Crippen LogP contribution in [0.5, 0.6) is 5.88 Å². The van der Waals surface area contributed by atoms with Crippen LogP contribution in [0.2, 0.25) is 0 Å². The Morgan fingerprint density at radius 3 is 2.96 bits per heavy atom. The Bertz CT molecular complexity index is 769. The Hall–Kier alpha value is -2.64. The number of hydrogen-bond donors (Lipinski definition) is 0. The summed E-state index contributed by atoms with van der Waals surface area (Å²) >= 11 is 0. The third-order valence-corrected chi connectivity index (χ3v) is 3.90. The van der Waals surface area contributed by atoms with Crippen molar-refractivity contribution in [1.29, 1.82) is 0 Å². The highest BCUT2D eigenvalue weighted by Gasteiger charge is 2.36. The van der Waals surface area contributed by atoms with Crippen molar-refractivity contribution in [2.45, 2.75) is 52.2 Å². The van der Waals surface area contributed by atoms with Crippen molar-refractivity contribution < 1.29 is 18.8 Å². The second kappa shape index (κ2) is 7.31. The van der Waals surface area contributed by atoms with Crippen LogP contribution in [0, 0.1) is 0 Å². The minimum Gasteiger partial charge on any atom is -0.477 e. The number of likely N-dealkylation sites (tertiary alicyclic amines) is 1. The normalized spacial score (nSPS) is 17.4. The summed E-state index contributed by atoms with van der Waals surface area (Å²) in [5.74, 6) is 1.25. The number of nitrogens with zero attached hydrogens (tertiary/aromatic N) is 4. The Morgan fingerprint density at radius 2 is 2.23 bits per heavy atom. The molecule has 0 spiro atoms. The van der Waals surface area contributed by atoms with Crippen molar-refractivity contribution in [3.05, 3.63) is 24.2 Å². The molecule has 0 unspecified atom stereocenters. The van der Waals surface area contributed by atoms with Crippen LogP contribution in [-0.4, -0.2) is 44.9 Å². The lowest BCUT2D eigenvalue weighted by molar-refractivity contribution is 0.0199. The maximum Gasteiger partial charge on any atom is 0.410 e. The number of pyridine rings is 1. The average molecular weight is 360 g/mol. The number of rotatable bonds is 4. The summed E-state index contributed by atoms with van der Waals surface area (Å²) in [6, 6.07) is 3.34. The average Bonchev–Trinajstić information content (AvgIpc) is 3.23. The lowest BCUT2D eigenvalue weighted by Gasteiger charge is -2.26. The minimum atomic E-state index is -0.549. The zero-order chi connectivity index (χ0) is 18.7. The standard InChI is InChI=1S/C18H24N4O4/c1-5-24-15-12(8-6-10-19-15)14-20-16(26-21-14)13-9-7-11-22(13)17(23)25-18(2,3)4/h6,8,10,13H,5,7,9,11H2,1-4H3/t13-/m0/s1. The summed E-state index contributed by atoms with van der Waals surface area (Å²) in [5.41, 5.74) is 0.109. The predicted octanol–water partition coefficient (Wildman–Crippen LogP) is 3.60. The number of ether oxygens (including phenoxy) is 2. The van der Waals surface area contributed by atoms with Gasteiger partial charge in [0, 0.05) is 12.7 Å². The third kappa shape index (κ3) is 3.95. The molecule has 2 aromatic rings. The van der Waals surface area contributed by atoms with Gasteiger partial charge < -0.3 is 14.0 Å². The van der Waals surface area contributed by atoms with Crippen LogP contribution in [0.25, 0.3) is 11.4 Å². The molecule has 3 heterocycles. The van der Waals surface area contributed by atoms with Gasteiger partial charge in [-0.3, -0.25) is 4.90 Å². The number of hydrogen-bond acceptors (Lipinski definition) is 7. The van der Waals surface area contributed by atoms with E-state index in [1.807, 2.05) is 33.8 Å². The van der Waals surface area contributed by atoms with Gasteiger partial charge in [0.1, 0.15) is 11.6 Å². The van der Waals surface area contributed by atoms with E-state index in [0.29, 0.717) is 36.3 Å². The van der Waals surface area contributed by atoms with E-state index in [9.17, 15) is 4.79 Å². The number of aromatic nitrogens is 3. The fraction of sp³-hybridized carbons (Fsp3) is 0.556. The minimum absolute atomic E-state index is 0.279. The van der Waals surface area contributed by atoms with Gasteiger partial charge in [-0.25, -0.2) is 9.78 Å². The Morgan fingerprint density at radius 1 is 1.42 bits per heavy atom. The molecule has 0 bridgehead atoms. The van der Waals surface area contributed by atoms with Crippen LogP contribution in [0.4, 0.5) is 4.79 Å². The molecular formula is C18H24N4O4. The first-order valence-corrected chi connectivity index (χ1v) is 8.80. The first kappa shape index (κ1) is 18.2. The molecule has 26 heavy (non-hydrogen) atoms. The van der Waals surface area contributed by atoms with E-state index in [0.717, 1.165) is 12.8 Å². The fourth-order valence-corrected chi connectivity index (χ4v) is 2.86. The maximum atomic E-state index is 12.4. The van der Waals surface area contributed by atoms with Gasteiger partial charge in [0.2, 0.25) is 17.6 Å². The summed E-state index contributed by atoms with van der Waals surface area (Å²) in [5, 5.41) is 4.06. The van der Waals surface area contributed by atoms with Crippen LogP contribution in [-0.2, 0) is 4.74 Å². The van der Waals surface area contributed by atoms with E-state index in [-0.39, 0.29) is 12.1 Å². The van der Waals surface area contributed by atoms with Gasteiger partial charge in [-0.1, -0.05) is 5.16 Å². The first-order chi connectivity index (χ1) is 12.4. The van der Waals surface area contributed by atoms with Gasteiger partial charge in [0.15, 0.2) is 0 Å². The zero-order valence-corrected chi connectivity index (χ0v) is 15.6. The summed E-state index contributed by atoms with van der Waals surface area (Å²) in [7, 11) is 0. The molecule has 0 radical (unpaired) electrons. The van der Waals surface area contributed by atoms with Crippen molar-refractivity contribution in [3.63, 3.8) is 0 Å². The maximum absolute atomic E-state index is 12.4. The Labute approximate surface area is 152 Å². The zero-order valence-electron chi connectivity index (χ0n) is 15.6. The van der Waals surface area contributed by atoms with Crippen molar-refractivity contribution in [3.8, 4) is 17.3 Å². The molecule has 2 aromatic heterocycles. The highest BCUT2D eigenvalue weighted by Crippen LogP contribution is 2.34. The summed E-state index contributed by atoms with van der Waals surface area (Å²) in [6.45, 7) is 8.52. The fourth-order valence-electron chi connectivity index (χ4n) is 2.86. The lowest BCUT2D eigenvalue weighted by atomic mass is 10.2. The van der Waals surface area contributed by atoms with Crippen molar-refractivity contribution in [2.75, 3.05) is 13.2 Å². The largest absolute Gasteiger partial charge is 0.477 e. The number of carbonyl (C=O) groups is 1. The summed E-state index contributed by atoms with van der Waals surface area (Å²) < 4.78 is 16.5. The molecule has 8 heteroatoms. The number of carbonyl (C=O) groups excluding carboxylic acids is 1. The molecule has 140 valence electrons. The molecule has 1 atom stereocenters. The molecule has 0 aromatic carbocycles. The van der Waals surface area contributed by atoms with E-state index < -0.39 is 5.60 Å².